The third kappa shape index (κ3) is 2.17. The van der Waals surface area contributed by atoms with Crippen LogP contribution in [0.15, 0.2) is 4.79 Å². The number of carbonyl (C=O) groups is 1. The summed E-state index contributed by atoms with van der Waals surface area (Å²) in [5, 5.41) is 21.0. The highest BCUT2D eigenvalue weighted by molar-refractivity contribution is 5.79. The van der Waals surface area contributed by atoms with Crippen molar-refractivity contribution in [3.05, 3.63) is 16.0 Å². The van der Waals surface area contributed by atoms with Gasteiger partial charge in [0.15, 0.2) is 11.7 Å². The molecule has 2 aromatic rings. The Morgan fingerprint density at radius 3 is 2.86 bits per heavy atom. The van der Waals surface area contributed by atoms with Crippen molar-refractivity contribution >= 4 is 16.9 Å². The number of hydrogen-bond acceptors (Lipinski definition) is 7. The number of carbonyl (C=O) groups excluding carboxylic acids is 1. The van der Waals surface area contributed by atoms with Gasteiger partial charge in [-0.1, -0.05) is 12.1 Å². The predicted octanol–water partition coefficient (Wildman–Crippen LogP) is -2.07. The number of ether oxygens (including phenoxy) is 1. The molecule has 1 amide bonds. The van der Waals surface area contributed by atoms with Gasteiger partial charge in [-0.3, -0.25) is 9.59 Å². The fourth-order valence-electron chi connectivity index (χ4n) is 2.21. The maximum atomic E-state index is 12.5. The van der Waals surface area contributed by atoms with Gasteiger partial charge in [0.05, 0.1) is 12.3 Å². The molecule has 3 heterocycles. The molecule has 0 spiro atoms. The Balaban J connectivity index is 2.17. The lowest BCUT2D eigenvalue weighted by atomic mass is 10.3. The van der Waals surface area contributed by atoms with E-state index in [-0.39, 0.29) is 18.7 Å². The fourth-order valence-corrected chi connectivity index (χ4v) is 2.21. The number of nitrogens with two attached hydrogens (primary N) is 1. The zero-order valence-corrected chi connectivity index (χ0v) is 11.3. The van der Waals surface area contributed by atoms with Crippen LogP contribution in [-0.4, -0.2) is 48.5 Å². The van der Waals surface area contributed by atoms with Gasteiger partial charge >= 0.3 is 0 Å². The zero-order chi connectivity index (χ0) is 15.1. The summed E-state index contributed by atoms with van der Waals surface area (Å²) >= 11 is 0. The largest absolute Gasteiger partial charge is 0.393 e. The van der Waals surface area contributed by atoms with Crippen molar-refractivity contribution in [2.45, 2.75) is 32.2 Å². The lowest BCUT2D eigenvalue weighted by Crippen LogP contribution is -2.28. The van der Waals surface area contributed by atoms with Crippen LogP contribution < -0.4 is 11.3 Å². The normalized spacial score (nSPS) is 20.9. The minimum Gasteiger partial charge on any atom is -0.393 e. The van der Waals surface area contributed by atoms with Gasteiger partial charge in [0, 0.05) is 0 Å². The van der Waals surface area contributed by atoms with E-state index in [2.05, 4.69) is 15.4 Å². The first kappa shape index (κ1) is 13.6. The molecule has 112 valence electrons. The van der Waals surface area contributed by atoms with Crippen molar-refractivity contribution in [1.82, 2.24) is 24.8 Å². The number of aliphatic hydroxyl groups excluding tert-OH is 1. The molecule has 0 bridgehead atoms. The second-order valence-electron chi connectivity index (χ2n) is 4.71. The van der Waals surface area contributed by atoms with Crippen LogP contribution in [0.4, 0.5) is 0 Å². The summed E-state index contributed by atoms with van der Waals surface area (Å²) in [7, 11) is 0. The van der Waals surface area contributed by atoms with E-state index in [9.17, 15) is 9.59 Å². The van der Waals surface area contributed by atoms with E-state index < -0.39 is 23.8 Å². The van der Waals surface area contributed by atoms with E-state index in [4.69, 9.17) is 15.6 Å². The van der Waals surface area contributed by atoms with Gasteiger partial charge in [0.25, 0.3) is 5.56 Å². The van der Waals surface area contributed by atoms with Gasteiger partial charge < -0.3 is 15.6 Å². The van der Waals surface area contributed by atoms with Gasteiger partial charge in [-0.2, -0.15) is 9.78 Å². The number of aryl methyl sites for hydroxylation is 1. The quantitative estimate of drug-likeness (QED) is 0.603. The number of rotatable bonds is 5. The second kappa shape index (κ2) is 4.90. The molecule has 2 unspecified atom stereocenters. The summed E-state index contributed by atoms with van der Waals surface area (Å²) in [6.45, 7) is 1.43. The standard InChI is InChI=1S/C11H14N6O4/c1-2-5-8-9(16(14-5)3-7(12)19)10(20)17(15-13-8)11-6(4-18)21-11/h6,11,18H,2-4H2,1H3,(H2,12,19). The van der Waals surface area contributed by atoms with Crippen LogP contribution in [0, 0.1) is 0 Å². The molecule has 3 N–H and O–H groups in total. The first-order valence-corrected chi connectivity index (χ1v) is 6.46. The average Bonchev–Trinajstić information content (AvgIpc) is 3.14. The van der Waals surface area contributed by atoms with Crippen LogP contribution in [0.3, 0.4) is 0 Å². The van der Waals surface area contributed by atoms with Crippen molar-refractivity contribution in [3.8, 4) is 0 Å². The van der Waals surface area contributed by atoms with Crippen LogP contribution >= 0.6 is 0 Å². The summed E-state index contributed by atoms with van der Waals surface area (Å²) in [5.74, 6) is -0.610. The second-order valence-corrected chi connectivity index (χ2v) is 4.71. The molecule has 0 saturated carbocycles. The van der Waals surface area contributed by atoms with Crippen LogP contribution in [0.5, 0.6) is 0 Å². The third-order valence-corrected chi connectivity index (χ3v) is 3.27. The number of aromatic nitrogens is 5. The van der Waals surface area contributed by atoms with E-state index in [0.29, 0.717) is 17.6 Å². The van der Waals surface area contributed by atoms with Crippen LogP contribution in [0.2, 0.25) is 0 Å². The Morgan fingerprint density at radius 1 is 1.52 bits per heavy atom. The van der Waals surface area contributed by atoms with Crippen molar-refractivity contribution in [2.75, 3.05) is 6.61 Å². The maximum Gasteiger partial charge on any atom is 0.298 e. The third-order valence-electron chi connectivity index (χ3n) is 3.27. The molecular weight excluding hydrogens is 280 g/mol. The Morgan fingerprint density at radius 2 is 2.29 bits per heavy atom. The Bertz CT molecular complexity index is 766. The molecule has 0 aliphatic carbocycles. The number of primary amides is 1. The van der Waals surface area contributed by atoms with Gasteiger partial charge in [-0.25, -0.2) is 4.68 Å². The first-order valence-electron chi connectivity index (χ1n) is 6.46. The molecule has 2 aromatic heterocycles. The van der Waals surface area contributed by atoms with Crippen LogP contribution in [0.25, 0.3) is 11.0 Å². The lowest BCUT2D eigenvalue weighted by Gasteiger charge is -2.01. The number of nitrogens with zero attached hydrogens (tertiary/aromatic N) is 5. The molecule has 0 radical (unpaired) electrons. The van der Waals surface area contributed by atoms with Gasteiger partial charge in [0.1, 0.15) is 18.2 Å². The predicted molar refractivity (Wildman–Crippen MR) is 69.2 cm³/mol. The minimum absolute atomic E-state index is 0.160. The highest BCUT2D eigenvalue weighted by atomic mass is 16.6. The number of aliphatic hydroxyl groups is 1. The van der Waals surface area contributed by atoms with E-state index in [0.717, 1.165) is 4.68 Å². The number of amides is 1. The van der Waals surface area contributed by atoms with Crippen molar-refractivity contribution in [2.24, 2.45) is 5.73 Å². The molecule has 1 fully saturated rings. The summed E-state index contributed by atoms with van der Waals surface area (Å²) in [6.07, 6.45) is -0.562. The Kier molecular flexibility index (Phi) is 3.18. The topological polar surface area (TPSA) is 141 Å². The smallest absolute Gasteiger partial charge is 0.298 e. The number of epoxide rings is 1. The highest BCUT2D eigenvalue weighted by Gasteiger charge is 2.42. The molecule has 2 atom stereocenters. The van der Waals surface area contributed by atoms with E-state index in [1.807, 2.05) is 6.92 Å². The maximum absolute atomic E-state index is 12.5. The summed E-state index contributed by atoms with van der Waals surface area (Å²) in [5.41, 5.74) is 5.77. The SMILES string of the molecule is CCc1nn(CC(N)=O)c2c(=O)n(C3OC3CO)nnc12. The molecule has 1 aliphatic heterocycles. The summed E-state index contributed by atoms with van der Waals surface area (Å²) < 4.78 is 7.41. The fraction of sp³-hybridized carbons (Fsp3) is 0.545. The van der Waals surface area contributed by atoms with E-state index in [1.54, 1.807) is 0 Å². The van der Waals surface area contributed by atoms with E-state index >= 15 is 0 Å². The molecule has 10 heteroatoms. The molecule has 21 heavy (non-hydrogen) atoms. The Hall–Kier alpha value is -2.33. The molecule has 0 aromatic carbocycles. The van der Waals surface area contributed by atoms with E-state index in [1.165, 1.54) is 4.68 Å². The lowest BCUT2D eigenvalue weighted by molar-refractivity contribution is -0.118. The number of fused-ring (bicyclic) bond motifs is 1. The van der Waals surface area contributed by atoms with Crippen molar-refractivity contribution in [3.63, 3.8) is 0 Å². The average molecular weight is 294 g/mol. The summed E-state index contributed by atoms with van der Waals surface area (Å²) in [6, 6.07) is 0. The van der Waals surface area contributed by atoms with Gasteiger partial charge in [-0.15, -0.1) is 5.10 Å². The monoisotopic (exact) mass is 294 g/mol. The van der Waals surface area contributed by atoms with Crippen molar-refractivity contribution in [1.29, 1.82) is 0 Å². The highest BCUT2D eigenvalue weighted by Crippen LogP contribution is 2.31. The molecule has 10 nitrogen and oxygen atoms in total. The van der Waals surface area contributed by atoms with Gasteiger partial charge in [-0.05, 0) is 6.42 Å². The molecule has 1 saturated heterocycles. The number of hydrogen-bond donors (Lipinski definition) is 2. The Labute approximate surface area is 118 Å². The van der Waals surface area contributed by atoms with Crippen LogP contribution in [-0.2, 0) is 22.5 Å². The summed E-state index contributed by atoms with van der Waals surface area (Å²) in [4.78, 5) is 23.6. The molecule has 3 rings (SSSR count). The molecule has 1 aliphatic rings. The molecular formula is C11H14N6O4. The minimum atomic E-state index is -0.638. The first-order chi connectivity index (χ1) is 10.1. The van der Waals surface area contributed by atoms with Crippen molar-refractivity contribution < 1.29 is 14.6 Å². The van der Waals surface area contributed by atoms with Gasteiger partial charge in [0.2, 0.25) is 5.91 Å². The van der Waals surface area contributed by atoms with Crippen LogP contribution in [0.1, 0.15) is 18.8 Å². The zero-order valence-electron chi connectivity index (χ0n) is 11.3.